The highest BCUT2D eigenvalue weighted by molar-refractivity contribution is 7.89. The molecule has 120 valence electrons. The Labute approximate surface area is 125 Å². The third-order valence-electron chi connectivity index (χ3n) is 3.15. The maximum absolute atomic E-state index is 13.8. The summed E-state index contributed by atoms with van der Waals surface area (Å²) in [6, 6.07) is 3.01. The van der Waals surface area contributed by atoms with Crippen LogP contribution in [0.4, 0.5) is 8.78 Å². The maximum Gasteiger partial charge on any atom is 0.248 e. The van der Waals surface area contributed by atoms with Crippen molar-refractivity contribution in [2.75, 3.05) is 19.6 Å². The Kier molecular flexibility index (Phi) is 5.83. The van der Waals surface area contributed by atoms with Crippen LogP contribution in [0.5, 0.6) is 0 Å². The Morgan fingerprint density at radius 3 is 2.19 bits per heavy atom. The molecule has 4 nitrogen and oxygen atoms in total. The zero-order chi connectivity index (χ0) is 16.3. The van der Waals surface area contributed by atoms with E-state index in [-0.39, 0.29) is 19.6 Å². The van der Waals surface area contributed by atoms with Crippen molar-refractivity contribution in [3.63, 3.8) is 0 Å². The van der Waals surface area contributed by atoms with Gasteiger partial charge in [0.15, 0.2) is 4.90 Å². The lowest BCUT2D eigenvalue weighted by atomic mass is 9.94. The first-order chi connectivity index (χ1) is 9.65. The van der Waals surface area contributed by atoms with Crippen LogP contribution in [0.2, 0.25) is 0 Å². The molecule has 1 aromatic rings. The molecule has 7 heteroatoms. The van der Waals surface area contributed by atoms with Gasteiger partial charge in [0.25, 0.3) is 0 Å². The highest BCUT2D eigenvalue weighted by Gasteiger charge is 2.33. The van der Waals surface area contributed by atoms with Crippen molar-refractivity contribution in [2.45, 2.75) is 32.1 Å². The molecule has 0 unspecified atom stereocenters. The normalized spacial score (nSPS) is 12.9. The first-order valence-electron chi connectivity index (χ1n) is 6.80. The SMILES string of the molecule is CCCN(CC(C)(C)CN)S(=O)(=O)c1c(F)cccc1F. The lowest BCUT2D eigenvalue weighted by molar-refractivity contribution is 0.265. The summed E-state index contributed by atoms with van der Waals surface area (Å²) in [5.41, 5.74) is 5.14. The van der Waals surface area contributed by atoms with E-state index in [0.29, 0.717) is 6.42 Å². The molecule has 1 aromatic carbocycles. The van der Waals surface area contributed by atoms with Crippen LogP contribution >= 0.6 is 0 Å². The molecule has 2 N–H and O–H groups in total. The molecule has 0 saturated carbocycles. The zero-order valence-electron chi connectivity index (χ0n) is 12.6. The van der Waals surface area contributed by atoms with Crippen molar-refractivity contribution in [3.05, 3.63) is 29.8 Å². The third kappa shape index (κ3) is 4.21. The van der Waals surface area contributed by atoms with E-state index in [1.54, 1.807) is 6.92 Å². The second kappa shape index (κ2) is 6.81. The minimum absolute atomic E-state index is 0.105. The Balaban J connectivity index is 3.29. The summed E-state index contributed by atoms with van der Waals surface area (Å²) in [5, 5.41) is 0. The number of sulfonamides is 1. The van der Waals surface area contributed by atoms with E-state index in [2.05, 4.69) is 0 Å². The van der Waals surface area contributed by atoms with E-state index in [0.717, 1.165) is 22.5 Å². The van der Waals surface area contributed by atoms with Crippen molar-refractivity contribution >= 4 is 10.0 Å². The quantitative estimate of drug-likeness (QED) is 0.839. The first-order valence-corrected chi connectivity index (χ1v) is 8.24. The van der Waals surface area contributed by atoms with Gasteiger partial charge in [0.2, 0.25) is 10.0 Å². The molecule has 0 aliphatic heterocycles. The Morgan fingerprint density at radius 1 is 1.24 bits per heavy atom. The van der Waals surface area contributed by atoms with E-state index in [4.69, 9.17) is 5.73 Å². The molecule has 0 aromatic heterocycles. The molecule has 0 atom stereocenters. The van der Waals surface area contributed by atoms with Gasteiger partial charge in [-0.15, -0.1) is 0 Å². The van der Waals surface area contributed by atoms with E-state index >= 15 is 0 Å². The van der Waals surface area contributed by atoms with Gasteiger partial charge in [0, 0.05) is 13.1 Å². The van der Waals surface area contributed by atoms with Gasteiger partial charge in [-0.05, 0) is 30.5 Å². The van der Waals surface area contributed by atoms with Gasteiger partial charge in [-0.2, -0.15) is 4.31 Å². The maximum atomic E-state index is 13.8. The van der Waals surface area contributed by atoms with Crippen LogP contribution in [0.1, 0.15) is 27.2 Å². The molecule has 0 spiro atoms. The van der Waals surface area contributed by atoms with Crippen LogP contribution in [-0.2, 0) is 10.0 Å². The van der Waals surface area contributed by atoms with E-state index in [9.17, 15) is 17.2 Å². The summed E-state index contributed by atoms with van der Waals surface area (Å²) in [5.74, 6) is -2.16. The van der Waals surface area contributed by atoms with Crippen molar-refractivity contribution in [1.82, 2.24) is 4.31 Å². The van der Waals surface area contributed by atoms with Crippen LogP contribution in [0.3, 0.4) is 0 Å². The van der Waals surface area contributed by atoms with Crippen LogP contribution < -0.4 is 5.73 Å². The molecule has 21 heavy (non-hydrogen) atoms. The summed E-state index contributed by atoms with van der Waals surface area (Å²) in [6.07, 6.45) is 0.538. The lowest BCUT2D eigenvalue weighted by Crippen LogP contribution is -2.42. The number of hydrogen-bond acceptors (Lipinski definition) is 3. The van der Waals surface area contributed by atoms with Crippen LogP contribution in [0, 0.1) is 17.0 Å². The number of nitrogens with zero attached hydrogens (tertiary/aromatic N) is 1. The fraction of sp³-hybridized carbons (Fsp3) is 0.571. The number of hydrogen-bond donors (Lipinski definition) is 1. The van der Waals surface area contributed by atoms with Gasteiger partial charge in [-0.3, -0.25) is 0 Å². The molecule has 0 fully saturated rings. The molecule has 0 heterocycles. The van der Waals surface area contributed by atoms with Gasteiger partial charge >= 0.3 is 0 Å². The summed E-state index contributed by atoms with van der Waals surface area (Å²) in [7, 11) is -4.24. The van der Waals surface area contributed by atoms with Gasteiger partial charge in [-0.25, -0.2) is 17.2 Å². The van der Waals surface area contributed by atoms with Crippen molar-refractivity contribution in [2.24, 2.45) is 11.1 Å². The first kappa shape index (κ1) is 18.0. The molecule has 0 amide bonds. The highest BCUT2D eigenvalue weighted by Crippen LogP contribution is 2.26. The van der Waals surface area contributed by atoms with E-state index in [1.807, 2.05) is 13.8 Å². The second-order valence-electron chi connectivity index (χ2n) is 5.76. The van der Waals surface area contributed by atoms with E-state index in [1.165, 1.54) is 0 Å². The standard InChI is InChI=1S/C14H22F2N2O2S/c1-4-8-18(10-14(2,3)9-17)21(19,20)13-11(15)6-5-7-12(13)16/h5-7H,4,8-10,17H2,1-3H3. The molecule has 0 radical (unpaired) electrons. The monoisotopic (exact) mass is 320 g/mol. The third-order valence-corrected chi connectivity index (χ3v) is 5.04. The predicted octanol–water partition coefficient (Wildman–Crippen LogP) is 2.35. The molecule has 0 aliphatic carbocycles. The number of halogens is 2. The molecular formula is C14H22F2N2O2S. The van der Waals surface area contributed by atoms with Gasteiger partial charge < -0.3 is 5.73 Å². The Bertz CT molecular complexity index is 568. The summed E-state index contributed by atoms with van der Waals surface area (Å²) in [4.78, 5) is -0.897. The van der Waals surface area contributed by atoms with Crippen LogP contribution in [0.15, 0.2) is 23.1 Å². The van der Waals surface area contributed by atoms with Crippen LogP contribution in [0.25, 0.3) is 0 Å². The van der Waals surface area contributed by atoms with Gasteiger partial charge in [-0.1, -0.05) is 26.8 Å². The van der Waals surface area contributed by atoms with Gasteiger partial charge in [0.05, 0.1) is 0 Å². The molecular weight excluding hydrogens is 298 g/mol. The second-order valence-corrected chi connectivity index (χ2v) is 7.63. The zero-order valence-corrected chi connectivity index (χ0v) is 13.4. The number of rotatable bonds is 7. The largest absolute Gasteiger partial charge is 0.330 e. The topological polar surface area (TPSA) is 63.4 Å². The molecule has 0 aliphatic rings. The summed E-state index contributed by atoms with van der Waals surface area (Å²) >= 11 is 0. The van der Waals surface area contributed by atoms with Crippen LogP contribution in [-0.4, -0.2) is 32.4 Å². The molecule has 1 rings (SSSR count). The Morgan fingerprint density at radius 2 is 1.76 bits per heavy atom. The molecule has 0 bridgehead atoms. The fourth-order valence-electron chi connectivity index (χ4n) is 1.93. The lowest BCUT2D eigenvalue weighted by Gasteiger charge is -2.31. The van der Waals surface area contributed by atoms with E-state index < -0.39 is 32.0 Å². The van der Waals surface area contributed by atoms with Crippen molar-refractivity contribution in [1.29, 1.82) is 0 Å². The van der Waals surface area contributed by atoms with Gasteiger partial charge in [0.1, 0.15) is 11.6 Å². The molecule has 0 saturated heterocycles. The predicted molar refractivity (Wildman–Crippen MR) is 78.2 cm³/mol. The summed E-state index contributed by atoms with van der Waals surface area (Å²) < 4.78 is 53.8. The van der Waals surface area contributed by atoms with Crippen molar-refractivity contribution in [3.8, 4) is 0 Å². The minimum Gasteiger partial charge on any atom is -0.330 e. The smallest absolute Gasteiger partial charge is 0.248 e. The Hall–Kier alpha value is -1.05. The average molecular weight is 320 g/mol. The number of nitrogens with two attached hydrogens (primary N) is 1. The number of benzene rings is 1. The highest BCUT2D eigenvalue weighted by atomic mass is 32.2. The summed E-state index contributed by atoms with van der Waals surface area (Å²) in [6.45, 7) is 5.97. The fourth-order valence-corrected chi connectivity index (χ4v) is 3.76. The average Bonchev–Trinajstić information content (AvgIpc) is 2.37. The van der Waals surface area contributed by atoms with Crippen molar-refractivity contribution < 1.29 is 17.2 Å². The minimum atomic E-state index is -4.24.